The van der Waals surface area contributed by atoms with Gasteiger partial charge in [-0.25, -0.2) is 23.1 Å². The summed E-state index contributed by atoms with van der Waals surface area (Å²) in [6, 6.07) is -0.0848. The zero-order valence-corrected chi connectivity index (χ0v) is 12.5. The molecule has 2 rings (SSSR count). The molecule has 1 saturated carbocycles. The van der Waals surface area contributed by atoms with E-state index in [2.05, 4.69) is 20.0 Å². The molecule has 1 aliphatic rings. The Morgan fingerprint density at radius 2 is 2.05 bits per heavy atom. The topological polar surface area (TPSA) is 93.2 Å². The number of rotatable bonds is 6. The Labute approximate surface area is 119 Å². The maximum absolute atomic E-state index is 12.2. The fourth-order valence-electron chi connectivity index (χ4n) is 2.25. The van der Waals surface area contributed by atoms with Crippen molar-refractivity contribution in [3.63, 3.8) is 0 Å². The van der Waals surface area contributed by atoms with Crippen LogP contribution < -0.4 is 10.0 Å². The van der Waals surface area contributed by atoms with Crippen molar-refractivity contribution in [3.05, 3.63) is 12.4 Å². The second kappa shape index (κ2) is 6.47. The lowest BCUT2D eigenvalue weighted by Gasteiger charge is -2.13. The van der Waals surface area contributed by atoms with Crippen LogP contribution in [0.15, 0.2) is 17.3 Å². The van der Waals surface area contributed by atoms with Crippen LogP contribution in [0.3, 0.4) is 0 Å². The number of hydrogen-bond acceptors (Lipinski definition) is 6. The number of sulfonamides is 1. The Morgan fingerprint density at radius 3 is 2.60 bits per heavy atom. The summed E-state index contributed by atoms with van der Waals surface area (Å²) in [6.07, 6.45) is 5.13. The summed E-state index contributed by atoms with van der Waals surface area (Å²) in [4.78, 5) is 8.03. The Morgan fingerprint density at radius 1 is 1.35 bits per heavy atom. The van der Waals surface area contributed by atoms with Crippen molar-refractivity contribution in [2.75, 3.05) is 19.0 Å². The molecule has 1 aromatic heterocycles. The summed E-state index contributed by atoms with van der Waals surface area (Å²) < 4.78 is 32.3. The molecule has 0 saturated heterocycles. The van der Waals surface area contributed by atoms with E-state index >= 15 is 0 Å². The number of methoxy groups -OCH3 is 1. The molecule has 1 fully saturated rings. The molecular formula is C12H20N4O3S. The van der Waals surface area contributed by atoms with E-state index in [0.29, 0.717) is 18.9 Å². The summed E-state index contributed by atoms with van der Waals surface area (Å²) in [6.45, 7) is 2.60. The first-order chi connectivity index (χ1) is 9.55. The first-order valence-corrected chi connectivity index (χ1v) is 8.14. The van der Waals surface area contributed by atoms with E-state index in [1.165, 1.54) is 12.4 Å². The van der Waals surface area contributed by atoms with Crippen LogP contribution >= 0.6 is 0 Å². The SMILES string of the molecule is CCNc1ncc(S(=O)(=O)NC2CCC(OC)C2)cn1. The van der Waals surface area contributed by atoms with E-state index in [9.17, 15) is 8.42 Å². The first kappa shape index (κ1) is 15.1. The first-order valence-electron chi connectivity index (χ1n) is 6.66. The van der Waals surface area contributed by atoms with Crippen LogP contribution in [0.2, 0.25) is 0 Å². The van der Waals surface area contributed by atoms with Gasteiger partial charge in [-0.2, -0.15) is 0 Å². The Bertz CT molecular complexity index is 532. The number of ether oxygens (including phenoxy) is 1. The van der Waals surface area contributed by atoms with Gasteiger partial charge in [0.2, 0.25) is 16.0 Å². The number of hydrogen-bond donors (Lipinski definition) is 2. The van der Waals surface area contributed by atoms with Crippen molar-refractivity contribution >= 4 is 16.0 Å². The second-order valence-corrected chi connectivity index (χ2v) is 6.48. The average Bonchev–Trinajstić information content (AvgIpc) is 2.87. The number of aromatic nitrogens is 2. The van der Waals surface area contributed by atoms with Gasteiger partial charge in [0, 0.05) is 19.7 Å². The van der Waals surface area contributed by atoms with Gasteiger partial charge < -0.3 is 10.1 Å². The molecule has 2 unspecified atom stereocenters. The van der Waals surface area contributed by atoms with E-state index in [1.54, 1.807) is 7.11 Å². The molecule has 0 amide bonds. The Balaban J connectivity index is 2.03. The van der Waals surface area contributed by atoms with Crippen molar-refractivity contribution in [2.45, 2.75) is 43.2 Å². The molecule has 20 heavy (non-hydrogen) atoms. The van der Waals surface area contributed by atoms with Crippen molar-refractivity contribution in [2.24, 2.45) is 0 Å². The quantitative estimate of drug-likeness (QED) is 0.805. The molecule has 0 bridgehead atoms. The third-order valence-corrected chi connectivity index (χ3v) is 4.79. The van der Waals surface area contributed by atoms with E-state index < -0.39 is 10.0 Å². The maximum atomic E-state index is 12.2. The fraction of sp³-hybridized carbons (Fsp3) is 0.667. The number of nitrogens with one attached hydrogen (secondary N) is 2. The van der Waals surface area contributed by atoms with Gasteiger partial charge in [0.1, 0.15) is 4.90 Å². The molecule has 1 aromatic rings. The van der Waals surface area contributed by atoms with Gasteiger partial charge in [-0.05, 0) is 26.2 Å². The Hall–Kier alpha value is -1.25. The van der Waals surface area contributed by atoms with E-state index in [-0.39, 0.29) is 17.0 Å². The lowest BCUT2D eigenvalue weighted by Crippen LogP contribution is -2.33. The molecule has 0 spiro atoms. The summed E-state index contributed by atoms with van der Waals surface area (Å²) in [5.74, 6) is 0.423. The van der Waals surface area contributed by atoms with Crippen molar-refractivity contribution < 1.29 is 13.2 Å². The minimum absolute atomic E-state index is 0.0834. The molecule has 112 valence electrons. The predicted molar refractivity (Wildman–Crippen MR) is 75.0 cm³/mol. The third kappa shape index (κ3) is 3.65. The molecule has 8 heteroatoms. The largest absolute Gasteiger partial charge is 0.381 e. The zero-order chi connectivity index (χ0) is 14.6. The van der Waals surface area contributed by atoms with Gasteiger partial charge in [-0.3, -0.25) is 0 Å². The van der Waals surface area contributed by atoms with Crippen LogP contribution in [0.5, 0.6) is 0 Å². The zero-order valence-electron chi connectivity index (χ0n) is 11.7. The van der Waals surface area contributed by atoms with Crippen molar-refractivity contribution in [3.8, 4) is 0 Å². The van der Waals surface area contributed by atoms with Crippen LogP contribution in [0.25, 0.3) is 0 Å². The van der Waals surface area contributed by atoms with Crippen LogP contribution in [0, 0.1) is 0 Å². The maximum Gasteiger partial charge on any atom is 0.243 e. The predicted octanol–water partition coefficient (Wildman–Crippen LogP) is 0.754. The average molecular weight is 300 g/mol. The van der Waals surface area contributed by atoms with Gasteiger partial charge in [0.15, 0.2) is 0 Å². The molecule has 1 aliphatic carbocycles. The highest BCUT2D eigenvalue weighted by Gasteiger charge is 2.28. The van der Waals surface area contributed by atoms with Crippen LogP contribution in [0.1, 0.15) is 26.2 Å². The van der Waals surface area contributed by atoms with Crippen molar-refractivity contribution in [1.82, 2.24) is 14.7 Å². The van der Waals surface area contributed by atoms with E-state index in [1.807, 2.05) is 6.92 Å². The second-order valence-electron chi connectivity index (χ2n) is 4.76. The number of nitrogens with zero attached hydrogens (tertiary/aromatic N) is 2. The van der Waals surface area contributed by atoms with Crippen LogP contribution in [-0.2, 0) is 14.8 Å². The molecule has 2 atom stereocenters. The summed E-state index contributed by atoms with van der Waals surface area (Å²) in [7, 11) is -1.92. The summed E-state index contributed by atoms with van der Waals surface area (Å²) in [5, 5.41) is 2.92. The van der Waals surface area contributed by atoms with Crippen molar-refractivity contribution in [1.29, 1.82) is 0 Å². The normalized spacial score (nSPS) is 22.9. The Kier molecular flexibility index (Phi) is 4.90. The highest BCUT2D eigenvalue weighted by atomic mass is 32.2. The smallest absolute Gasteiger partial charge is 0.243 e. The molecule has 0 radical (unpaired) electrons. The standard InChI is InChI=1S/C12H20N4O3S/c1-3-13-12-14-7-11(8-15-12)20(17,18)16-9-4-5-10(6-9)19-2/h7-10,16H,3-6H2,1-2H3,(H,13,14,15). The fourth-order valence-corrected chi connectivity index (χ4v) is 3.42. The van der Waals surface area contributed by atoms with E-state index in [0.717, 1.165) is 12.8 Å². The third-order valence-electron chi connectivity index (χ3n) is 3.31. The summed E-state index contributed by atoms with van der Waals surface area (Å²) >= 11 is 0. The molecule has 0 aliphatic heterocycles. The minimum atomic E-state index is -3.57. The lowest BCUT2D eigenvalue weighted by atomic mass is 10.3. The van der Waals surface area contributed by atoms with Gasteiger partial charge in [0.25, 0.3) is 0 Å². The lowest BCUT2D eigenvalue weighted by molar-refractivity contribution is 0.107. The number of anilines is 1. The van der Waals surface area contributed by atoms with Gasteiger partial charge in [0.05, 0.1) is 18.5 Å². The van der Waals surface area contributed by atoms with E-state index in [4.69, 9.17) is 4.74 Å². The van der Waals surface area contributed by atoms with Gasteiger partial charge in [-0.1, -0.05) is 0 Å². The molecule has 0 aromatic carbocycles. The van der Waals surface area contributed by atoms with Crippen LogP contribution in [0.4, 0.5) is 5.95 Å². The monoisotopic (exact) mass is 300 g/mol. The molecule has 1 heterocycles. The summed E-state index contributed by atoms with van der Waals surface area (Å²) in [5.41, 5.74) is 0. The molecule has 2 N–H and O–H groups in total. The highest BCUT2D eigenvalue weighted by Crippen LogP contribution is 2.23. The molecular weight excluding hydrogens is 280 g/mol. The van der Waals surface area contributed by atoms with Gasteiger partial charge >= 0.3 is 0 Å². The van der Waals surface area contributed by atoms with Crippen LogP contribution in [-0.4, -0.2) is 44.2 Å². The minimum Gasteiger partial charge on any atom is -0.381 e. The van der Waals surface area contributed by atoms with Gasteiger partial charge in [-0.15, -0.1) is 0 Å². The highest BCUT2D eigenvalue weighted by molar-refractivity contribution is 7.89. The molecule has 7 nitrogen and oxygen atoms in total.